The Morgan fingerprint density at radius 2 is 2.20 bits per heavy atom. The lowest BCUT2D eigenvalue weighted by Crippen LogP contribution is -2.45. The summed E-state index contributed by atoms with van der Waals surface area (Å²) in [4.78, 5) is 0.145. The van der Waals surface area contributed by atoms with E-state index in [1.165, 1.54) is 18.2 Å². The zero-order chi connectivity index (χ0) is 14.8. The van der Waals surface area contributed by atoms with E-state index in [-0.39, 0.29) is 10.3 Å². The number of aryl methyl sites for hydroxylation is 1. The molecule has 1 heterocycles. The van der Waals surface area contributed by atoms with Gasteiger partial charge < -0.3 is 5.32 Å². The first-order valence-electron chi connectivity index (χ1n) is 6.79. The highest BCUT2D eigenvalue weighted by Gasteiger charge is 2.29. The fourth-order valence-electron chi connectivity index (χ4n) is 2.53. The molecule has 4 nitrogen and oxygen atoms in total. The second-order valence-electron chi connectivity index (χ2n) is 5.83. The van der Waals surface area contributed by atoms with Crippen molar-refractivity contribution in [1.29, 1.82) is 0 Å². The summed E-state index contributed by atoms with van der Waals surface area (Å²) in [5.74, 6) is -0.426. The minimum absolute atomic E-state index is 0.0702. The van der Waals surface area contributed by atoms with E-state index in [0.29, 0.717) is 12.1 Å². The molecule has 20 heavy (non-hydrogen) atoms. The van der Waals surface area contributed by atoms with E-state index in [2.05, 4.69) is 17.0 Å². The van der Waals surface area contributed by atoms with Gasteiger partial charge in [-0.05, 0) is 55.5 Å². The normalized spacial score (nSPS) is 23.8. The Hall–Kier alpha value is -0.980. The number of benzene rings is 1. The average molecular weight is 300 g/mol. The highest BCUT2D eigenvalue weighted by Crippen LogP contribution is 2.25. The number of sulfonamides is 1. The van der Waals surface area contributed by atoms with Crippen LogP contribution in [0.3, 0.4) is 0 Å². The van der Waals surface area contributed by atoms with E-state index >= 15 is 0 Å². The molecule has 0 saturated carbocycles. The van der Waals surface area contributed by atoms with Gasteiger partial charge in [-0.2, -0.15) is 0 Å². The van der Waals surface area contributed by atoms with Gasteiger partial charge in [0.2, 0.25) is 10.0 Å². The third-order valence-electron chi connectivity index (χ3n) is 3.80. The maximum absolute atomic E-state index is 13.0. The Kier molecular flexibility index (Phi) is 4.46. The van der Waals surface area contributed by atoms with Crippen LogP contribution in [0.1, 0.15) is 25.3 Å². The van der Waals surface area contributed by atoms with Crippen molar-refractivity contribution in [2.75, 3.05) is 19.6 Å². The quantitative estimate of drug-likeness (QED) is 0.891. The number of nitrogens with one attached hydrogen (secondary N) is 2. The largest absolute Gasteiger partial charge is 0.316 e. The molecule has 1 saturated heterocycles. The number of piperidine rings is 1. The minimum atomic E-state index is -3.59. The second kappa shape index (κ2) is 5.79. The molecule has 112 valence electrons. The number of hydrogen-bond donors (Lipinski definition) is 2. The zero-order valence-corrected chi connectivity index (χ0v) is 12.7. The Labute approximate surface area is 119 Å². The van der Waals surface area contributed by atoms with Gasteiger partial charge in [0.1, 0.15) is 5.82 Å². The first-order valence-corrected chi connectivity index (χ1v) is 8.27. The van der Waals surface area contributed by atoms with Gasteiger partial charge in [0.25, 0.3) is 0 Å². The van der Waals surface area contributed by atoms with Crippen LogP contribution in [-0.2, 0) is 10.0 Å². The lowest BCUT2D eigenvalue weighted by Gasteiger charge is -2.34. The molecular weight excluding hydrogens is 279 g/mol. The molecule has 2 N–H and O–H groups in total. The summed E-state index contributed by atoms with van der Waals surface area (Å²) in [6.45, 7) is 5.84. The molecule has 0 amide bonds. The molecule has 0 spiro atoms. The maximum atomic E-state index is 13.0. The van der Waals surface area contributed by atoms with Crippen molar-refractivity contribution in [1.82, 2.24) is 10.0 Å². The predicted octanol–water partition coefficient (Wildman–Crippen LogP) is 1.80. The van der Waals surface area contributed by atoms with Gasteiger partial charge in [0.05, 0.1) is 4.90 Å². The van der Waals surface area contributed by atoms with E-state index in [1.807, 2.05) is 0 Å². The van der Waals surface area contributed by atoms with Gasteiger partial charge in [-0.15, -0.1) is 0 Å². The molecule has 0 bridgehead atoms. The smallest absolute Gasteiger partial charge is 0.240 e. The molecule has 0 radical (unpaired) electrons. The van der Waals surface area contributed by atoms with Crippen LogP contribution in [0, 0.1) is 18.2 Å². The molecule has 0 aliphatic carbocycles. The molecule has 6 heteroatoms. The summed E-state index contributed by atoms with van der Waals surface area (Å²) in [7, 11) is -3.59. The van der Waals surface area contributed by atoms with Crippen LogP contribution in [0.2, 0.25) is 0 Å². The molecule has 1 aliphatic heterocycles. The highest BCUT2D eigenvalue weighted by atomic mass is 32.2. The van der Waals surface area contributed by atoms with E-state index in [9.17, 15) is 12.8 Å². The summed E-state index contributed by atoms with van der Waals surface area (Å²) in [5, 5.41) is 3.29. The van der Waals surface area contributed by atoms with Gasteiger partial charge >= 0.3 is 0 Å². The van der Waals surface area contributed by atoms with Crippen LogP contribution in [0.25, 0.3) is 0 Å². The fraction of sp³-hybridized carbons (Fsp3) is 0.571. The highest BCUT2D eigenvalue weighted by molar-refractivity contribution is 7.89. The van der Waals surface area contributed by atoms with Crippen molar-refractivity contribution < 1.29 is 12.8 Å². The fourth-order valence-corrected chi connectivity index (χ4v) is 3.95. The second-order valence-corrected chi connectivity index (χ2v) is 7.56. The van der Waals surface area contributed by atoms with Crippen molar-refractivity contribution in [3.63, 3.8) is 0 Å². The van der Waals surface area contributed by atoms with E-state index in [4.69, 9.17) is 0 Å². The standard InChI is InChI=1S/C14H21FN2O2S/c1-11-8-12(15)4-5-13(11)20(18,19)17-10-14(2)6-3-7-16-9-14/h4-5,8,16-17H,3,6-7,9-10H2,1-2H3. The Morgan fingerprint density at radius 3 is 2.80 bits per heavy atom. The van der Waals surface area contributed by atoms with Crippen LogP contribution in [0.4, 0.5) is 4.39 Å². The maximum Gasteiger partial charge on any atom is 0.240 e. The van der Waals surface area contributed by atoms with Crippen molar-refractivity contribution >= 4 is 10.0 Å². The topological polar surface area (TPSA) is 58.2 Å². The minimum Gasteiger partial charge on any atom is -0.316 e. The molecule has 0 aromatic heterocycles. The third kappa shape index (κ3) is 3.56. The molecule has 1 aliphatic rings. The number of hydrogen-bond acceptors (Lipinski definition) is 3. The first kappa shape index (κ1) is 15.4. The van der Waals surface area contributed by atoms with Gasteiger partial charge in [-0.25, -0.2) is 17.5 Å². The number of rotatable bonds is 4. The van der Waals surface area contributed by atoms with Crippen molar-refractivity contribution in [2.24, 2.45) is 5.41 Å². The van der Waals surface area contributed by atoms with Crippen molar-refractivity contribution in [3.05, 3.63) is 29.6 Å². The van der Waals surface area contributed by atoms with Gasteiger partial charge in [-0.3, -0.25) is 0 Å². The Morgan fingerprint density at radius 1 is 1.45 bits per heavy atom. The lowest BCUT2D eigenvalue weighted by molar-refractivity contribution is 0.238. The van der Waals surface area contributed by atoms with Gasteiger partial charge in [0, 0.05) is 13.1 Å². The van der Waals surface area contributed by atoms with E-state index in [0.717, 1.165) is 25.9 Å². The van der Waals surface area contributed by atoms with Crippen LogP contribution in [0.15, 0.2) is 23.1 Å². The molecule has 2 rings (SSSR count). The van der Waals surface area contributed by atoms with Crippen LogP contribution in [0.5, 0.6) is 0 Å². The number of halogens is 1. The molecule has 1 atom stereocenters. The summed E-state index contributed by atoms with van der Waals surface area (Å²) in [6.07, 6.45) is 2.04. The summed E-state index contributed by atoms with van der Waals surface area (Å²) < 4.78 is 40.3. The van der Waals surface area contributed by atoms with Crippen LogP contribution in [-0.4, -0.2) is 28.1 Å². The lowest BCUT2D eigenvalue weighted by atomic mass is 9.83. The Balaban J connectivity index is 2.11. The Bertz CT molecular complexity index is 581. The summed E-state index contributed by atoms with van der Waals surface area (Å²) in [5.41, 5.74) is 0.351. The monoisotopic (exact) mass is 300 g/mol. The SMILES string of the molecule is Cc1cc(F)ccc1S(=O)(=O)NCC1(C)CCCNC1. The van der Waals surface area contributed by atoms with Crippen molar-refractivity contribution in [2.45, 2.75) is 31.6 Å². The summed E-state index contributed by atoms with van der Waals surface area (Å²) >= 11 is 0. The van der Waals surface area contributed by atoms with Gasteiger partial charge in [-0.1, -0.05) is 6.92 Å². The van der Waals surface area contributed by atoms with Gasteiger partial charge in [0.15, 0.2) is 0 Å². The van der Waals surface area contributed by atoms with E-state index in [1.54, 1.807) is 6.92 Å². The molecular formula is C14H21FN2O2S. The van der Waals surface area contributed by atoms with E-state index < -0.39 is 15.8 Å². The molecule has 1 unspecified atom stereocenters. The molecule has 1 aromatic carbocycles. The van der Waals surface area contributed by atoms with Crippen LogP contribution < -0.4 is 10.0 Å². The third-order valence-corrected chi connectivity index (χ3v) is 5.36. The first-order chi connectivity index (χ1) is 9.32. The molecule has 1 aromatic rings. The summed E-state index contributed by atoms with van der Waals surface area (Å²) in [6, 6.07) is 3.72. The molecule has 1 fully saturated rings. The van der Waals surface area contributed by atoms with Crippen molar-refractivity contribution in [3.8, 4) is 0 Å². The zero-order valence-electron chi connectivity index (χ0n) is 11.9. The average Bonchev–Trinajstić information content (AvgIpc) is 2.37. The predicted molar refractivity (Wildman–Crippen MR) is 76.5 cm³/mol. The van der Waals surface area contributed by atoms with Crippen LogP contribution >= 0.6 is 0 Å².